The summed E-state index contributed by atoms with van der Waals surface area (Å²) < 4.78 is 56.0. The summed E-state index contributed by atoms with van der Waals surface area (Å²) >= 11 is 0. The molecule has 2 aromatic rings. The van der Waals surface area contributed by atoms with Crippen LogP contribution in [0.5, 0.6) is 5.88 Å². The van der Waals surface area contributed by atoms with Gasteiger partial charge in [0.15, 0.2) is 12.0 Å². The maximum atomic E-state index is 12.9. The van der Waals surface area contributed by atoms with Crippen LogP contribution < -0.4 is 4.74 Å². The van der Waals surface area contributed by atoms with Crippen molar-refractivity contribution >= 4 is 0 Å². The van der Waals surface area contributed by atoms with Crippen molar-refractivity contribution in [3.8, 4) is 11.7 Å². The van der Waals surface area contributed by atoms with Crippen LogP contribution >= 0.6 is 0 Å². The third-order valence-corrected chi connectivity index (χ3v) is 3.00. The van der Waals surface area contributed by atoms with Crippen molar-refractivity contribution in [2.45, 2.75) is 38.5 Å². The number of hydrogen-bond acceptors (Lipinski definition) is 5. The van der Waals surface area contributed by atoms with Gasteiger partial charge in [-0.2, -0.15) is 18.3 Å². The van der Waals surface area contributed by atoms with Crippen LogP contribution in [0.2, 0.25) is 0 Å². The zero-order valence-corrected chi connectivity index (χ0v) is 12.5. The predicted molar refractivity (Wildman–Crippen MR) is 72.1 cm³/mol. The summed E-state index contributed by atoms with van der Waals surface area (Å²) in [5, 5.41) is 3.96. The van der Waals surface area contributed by atoms with Gasteiger partial charge < -0.3 is 4.74 Å². The molecule has 0 radical (unpaired) electrons. The van der Waals surface area contributed by atoms with Gasteiger partial charge in [-0.05, 0) is 5.92 Å². The summed E-state index contributed by atoms with van der Waals surface area (Å²) in [5.41, 5.74) is 0.556. The Morgan fingerprint density at radius 1 is 1.22 bits per heavy atom. The lowest BCUT2D eigenvalue weighted by Gasteiger charge is -2.17. The van der Waals surface area contributed by atoms with E-state index >= 15 is 0 Å². The maximum absolute atomic E-state index is 12.9. The van der Waals surface area contributed by atoms with Crippen molar-refractivity contribution in [2.75, 3.05) is 6.61 Å². The quantitative estimate of drug-likeness (QED) is 0.761. The summed E-state index contributed by atoms with van der Waals surface area (Å²) in [6, 6.07) is 0. The fourth-order valence-electron chi connectivity index (χ4n) is 1.91. The third kappa shape index (κ3) is 4.14. The minimum absolute atomic E-state index is 0.0887. The molecule has 0 bridgehead atoms. The fourth-order valence-corrected chi connectivity index (χ4v) is 1.91. The zero-order valence-electron chi connectivity index (χ0n) is 12.5. The van der Waals surface area contributed by atoms with Crippen molar-refractivity contribution in [1.82, 2.24) is 24.7 Å². The second-order valence-electron chi connectivity index (χ2n) is 5.06. The van der Waals surface area contributed by atoms with E-state index in [1.54, 1.807) is 0 Å². The van der Waals surface area contributed by atoms with Gasteiger partial charge in [0.05, 0.1) is 12.2 Å². The Morgan fingerprint density at radius 3 is 2.52 bits per heavy atom. The number of nitrogens with zero attached hydrogens (tertiary/aromatic N) is 5. The molecule has 23 heavy (non-hydrogen) atoms. The minimum atomic E-state index is -4.89. The number of aromatic nitrogens is 5. The van der Waals surface area contributed by atoms with Crippen LogP contribution in [-0.2, 0) is 0 Å². The lowest BCUT2D eigenvalue weighted by molar-refractivity contribution is -0.183. The van der Waals surface area contributed by atoms with Crippen molar-refractivity contribution in [2.24, 2.45) is 0 Å². The molecule has 1 unspecified atom stereocenters. The molecule has 2 rings (SSSR count). The molecule has 0 N–H and O–H groups in total. The van der Waals surface area contributed by atoms with Gasteiger partial charge >= 0.3 is 6.18 Å². The van der Waals surface area contributed by atoms with E-state index in [4.69, 9.17) is 4.74 Å². The summed E-state index contributed by atoms with van der Waals surface area (Å²) in [7, 11) is 0. The largest absolute Gasteiger partial charge is 0.477 e. The first-order valence-electron chi connectivity index (χ1n) is 6.84. The molecule has 2 heterocycles. The number of halogens is 4. The molecule has 0 aromatic carbocycles. The molecule has 0 aliphatic heterocycles. The van der Waals surface area contributed by atoms with Crippen molar-refractivity contribution < 1.29 is 22.3 Å². The molecule has 126 valence electrons. The lowest BCUT2D eigenvalue weighted by atomic mass is 10.1. The topological polar surface area (TPSA) is 65.7 Å². The molecule has 1 atom stereocenters. The molecule has 0 amide bonds. The van der Waals surface area contributed by atoms with E-state index < -0.39 is 25.4 Å². The fraction of sp³-hybridized carbons (Fsp3) is 0.538. The SMILES string of the molecule is CC(C)c1c(OCCC(F)C(F)(F)F)ncnc1-n1cncn1. The number of rotatable bonds is 6. The molecule has 0 saturated carbocycles. The van der Waals surface area contributed by atoms with Gasteiger partial charge in [0, 0.05) is 6.42 Å². The van der Waals surface area contributed by atoms with Gasteiger partial charge in [0.2, 0.25) is 5.88 Å². The maximum Gasteiger partial charge on any atom is 0.419 e. The molecule has 0 saturated heterocycles. The zero-order chi connectivity index (χ0) is 17.0. The Bertz CT molecular complexity index is 630. The van der Waals surface area contributed by atoms with Gasteiger partial charge in [-0.15, -0.1) is 0 Å². The highest BCUT2D eigenvalue weighted by molar-refractivity contribution is 5.41. The monoisotopic (exact) mass is 333 g/mol. The van der Waals surface area contributed by atoms with E-state index in [1.165, 1.54) is 23.7 Å². The summed E-state index contributed by atoms with van der Waals surface area (Å²) in [5.74, 6) is 0.430. The first-order chi connectivity index (χ1) is 10.8. The van der Waals surface area contributed by atoms with Gasteiger partial charge in [0.1, 0.15) is 19.0 Å². The van der Waals surface area contributed by atoms with Gasteiger partial charge in [-0.1, -0.05) is 13.8 Å². The average Bonchev–Trinajstić information content (AvgIpc) is 2.99. The van der Waals surface area contributed by atoms with Crippen LogP contribution in [0.15, 0.2) is 19.0 Å². The lowest BCUT2D eigenvalue weighted by Crippen LogP contribution is -2.26. The molecule has 0 aliphatic carbocycles. The second kappa shape index (κ2) is 6.88. The Labute approximate surface area is 129 Å². The van der Waals surface area contributed by atoms with E-state index in [0.29, 0.717) is 11.4 Å². The molecular formula is C13H15F4N5O. The highest BCUT2D eigenvalue weighted by atomic mass is 19.4. The first-order valence-corrected chi connectivity index (χ1v) is 6.84. The van der Waals surface area contributed by atoms with E-state index in [1.807, 2.05) is 13.8 Å². The van der Waals surface area contributed by atoms with Crippen LogP contribution in [0.4, 0.5) is 17.6 Å². The van der Waals surface area contributed by atoms with Crippen molar-refractivity contribution in [1.29, 1.82) is 0 Å². The molecular weight excluding hydrogens is 318 g/mol. The summed E-state index contributed by atoms with van der Waals surface area (Å²) in [6.45, 7) is 3.24. The summed E-state index contributed by atoms with van der Waals surface area (Å²) in [6.07, 6.45) is -4.66. The highest BCUT2D eigenvalue weighted by Crippen LogP contribution is 2.29. The molecule has 0 spiro atoms. The Balaban J connectivity index is 2.18. The summed E-state index contributed by atoms with van der Waals surface area (Å²) in [4.78, 5) is 11.8. The van der Waals surface area contributed by atoms with E-state index in [-0.39, 0.29) is 11.8 Å². The second-order valence-corrected chi connectivity index (χ2v) is 5.06. The molecule has 10 heteroatoms. The molecule has 0 aliphatic rings. The van der Waals surface area contributed by atoms with E-state index in [0.717, 1.165) is 0 Å². The first kappa shape index (κ1) is 17.1. The van der Waals surface area contributed by atoms with Crippen LogP contribution in [0.1, 0.15) is 31.7 Å². The molecule has 0 fully saturated rings. The molecule has 6 nitrogen and oxygen atoms in total. The molecule has 2 aromatic heterocycles. The standard InChI is InChI=1S/C13H15F4N5O/c1-8(2)10-11(22-7-18-5-21-22)19-6-20-12(10)23-4-3-9(14)13(15,16)17/h5-9H,3-4H2,1-2H3. The van der Waals surface area contributed by atoms with E-state index in [2.05, 4.69) is 20.1 Å². The Kier molecular flexibility index (Phi) is 5.12. The average molecular weight is 333 g/mol. The number of alkyl halides is 4. The van der Waals surface area contributed by atoms with Crippen LogP contribution in [0, 0.1) is 0 Å². The van der Waals surface area contributed by atoms with Gasteiger partial charge in [-0.25, -0.2) is 24.0 Å². The number of ether oxygens (including phenoxy) is 1. The Morgan fingerprint density at radius 2 is 1.96 bits per heavy atom. The van der Waals surface area contributed by atoms with Crippen LogP contribution in [0.25, 0.3) is 5.82 Å². The Hall–Kier alpha value is -2.26. The minimum Gasteiger partial charge on any atom is -0.477 e. The van der Waals surface area contributed by atoms with E-state index in [9.17, 15) is 17.6 Å². The van der Waals surface area contributed by atoms with Crippen LogP contribution in [0.3, 0.4) is 0 Å². The third-order valence-electron chi connectivity index (χ3n) is 3.00. The predicted octanol–water partition coefficient (Wildman–Crippen LogP) is 2.85. The number of hydrogen-bond donors (Lipinski definition) is 0. The smallest absolute Gasteiger partial charge is 0.419 e. The highest BCUT2D eigenvalue weighted by Gasteiger charge is 2.39. The van der Waals surface area contributed by atoms with Crippen molar-refractivity contribution in [3.05, 3.63) is 24.5 Å². The van der Waals surface area contributed by atoms with Gasteiger partial charge in [-0.3, -0.25) is 0 Å². The van der Waals surface area contributed by atoms with Crippen LogP contribution in [-0.4, -0.2) is 43.7 Å². The normalized spacial score (nSPS) is 13.3. The van der Waals surface area contributed by atoms with Crippen molar-refractivity contribution in [3.63, 3.8) is 0 Å². The van der Waals surface area contributed by atoms with Gasteiger partial charge in [0.25, 0.3) is 0 Å².